The van der Waals surface area contributed by atoms with E-state index in [-0.39, 0.29) is 11.5 Å². The number of unbranched alkanes of at least 4 members (excludes halogenated alkanes) is 5. The van der Waals surface area contributed by atoms with Gasteiger partial charge in [0.05, 0.1) is 4.90 Å². The summed E-state index contributed by atoms with van der Waals surface area (Å²) in [7, 11) is -3.40. The normalized spacial score (nSPS) is 11.7. The van der Waals surface area contributed by atoms with Crippen LogP contribution in [0.3, 0.4) is 0 Å². The van der Waals surface area contributed by atoms with Gasteiger partial charge in [0.15, 0.2) is 0 Å². The Morgan fingerprint density at radius 3 is 2.24 bits per heavy atom. The first kappa shape index (κ1) is 18.1. The van der Waals surface area contributed by atoms with Crippen molar-refractivity contribution < 1.29 is 13.5 Å². The van der Waals surface area contributed by atoms with E-state index < -0.39 is 10.0 Å². The number of benzene rings is 1. The molecule has 0 atom stereocenters. The van der Waals surface area contributed by atoms with Crippen molar-refractivity contribution >= 4 is 10.0 Å². The highest BCUT2D eigenvalue weighted by molar-refractivity contribution is 7.89. The molecular formula is C16H27NO3S. The Hall–Kier alpha value is -0.910. The number of nitrogens with one attached hydrogen (secondary N) is 1. The second kappa shape index (κ2) is 9.92. The van der Waals surface area contributed by atoms with Gasteiger partial charge in [0.1, 0.15) is 0 Å². The van der Waals surface area contributed by atoms with Crippen LogP contribution < -0.4 is 4.72 Å². The van der Waals surface area contributed by atoms with E-state index in [1.807, 2.05) is 0 Å². The van der Waals surface area contributed by atoms with Crippen LogP contribution in [0.15, 0.2) is 29.2 Å². The van der Waals surface area contributed by atoms with Gasteiger partial charge in [0, 0.05) is 13.2 Å². The van der Waals surface area contributed by atoms with Crippen molar-refractivity contribution in [2.24, 2.45) is 0 Å². The molecule has 0 bridgehead atoms. The lowest BCUT2D eigenvalue weighted by Crippen LogP contribution is -2.24. The molecule has 0 unspecified atom stereocenters. The first-order valence-electron chi connectivity index (χ1n) is 7.79. The number of aliphatic hydroxyl groups is 1. The van der Waals surface area contributed by atoms with E-state index in [1.165, 1.54) is 25.7 Å². The average Bonchev–Trinajstić information content (AvgIpc) is 2.47. The van der Waals surface area contributed by atoms with Crippen molar-refractivity contribution in [2.75, 3.05) is 13.2 Å². The van der Waals surface area contributed by atoms with Crippen LogP contribution in [-0.2, 0) is 16.4 Å². The lowest BCUT2D eigenvalue weighted by atomic mass is 10.1. The van der Waals surface area contributed by atoms with Crippen LogP contribution in [-0.4, -0.2) is 26.7 Å². The van der Waals surface area contributed by atoms with E-state index in [9.17, 15) is 8.42 Å². The quantitative estimate of drug-likeness (QED) is 0.617. The SMILES string of the molecule is CCCCCCCCNS(=O)(=O)c1ccc(CCO)cc1. The molecule has 0 aliphatic heterocycles. The predicted molar refractivity (Wildman–Crippen MR) is 85.8 cm³/mol. The summed E-state index contributed by atoms with van der Waals surface area (Å²) in [5, 5.41) is 8.84. The van der Waals surface area contributed by atoms with E-state index in [0.717, 1.165) is 18.4 Å². The topological polar surface area (TPSA) is 66.4 Å². The minimum atomic E-state index is -3.40. The summed E-state index contributed by atoms with van der Waals surface area (Å²) < 4.78 is 26.8. The Morgan fingerprint density at radius 2 is 1.62 bits per heavy atom. The fraction of sp³-hybridized carbons (Fsp3) is 0.625. The van der Waals surface area contributed by atoms with Crippen molar-refractivity contribution in [3.05, 3.63) is 29.8 Å². The van der Waals surface area contributed by atoms with E-state index in [0.29, 0.717) is 13.0 Å². The van der Waals surface area contributed by atoms with Gasteiger partial charge in [0.25, 0.3) is 0 Å². The highest BCUT2D eigenvalue weighted by Crippen LogP contribution is 2.11. The average molecular weight is 313 g/mol. The third-order valence-electron chi connectivity index (χ3n) is 3.46. The minimum absolute atomic E-state index is 0.0718. The molecule has 2 N–H and O–H groups in total. The molecule has 5 heteroatoms. The smallest absolute Gasteiger partial charge is 0.240 e. The van der Waals surface area contributed by atoms with Crippen molar-refractivity contribution in [2.45, 2.75) is 56.8 Å². The van der Waals surface area contributed by atoms with Crippen LogP contribution in [0.5, 0.6) is 0 Å². The second-order valence-corrected chi connectivity index (χ2v) is 7.05. The first-order valence-corrected chi connectivity index (χ1v) is 9.28. The Bertz CT molecular complexity index is 483. The third kappa shape index (κ3) is 7.07. The van der Waals surface area contributed by atoms with E-state index in [1.54, 1.807) is 24.3 Å². The van der Waals surface area contributed by atoms with Crippen LogP contribution in [0.25, 0.3) is 0 Å². The zero-order valence-electron chi connectivity index (χ0n) is 12.8. The number of rotatable bonds is 11. The lowest BCUT2D eigenvalue weighted by Gasteiger charge is -2.07. The van der Waals surface area contributed by atoms with Crippen LogP contribution >= 0.6 is 0 Å². The molecule has 0 heterocycles. The summed E-state index contributed by atoms with van der Waals surface area (Å²) in [5.41, 5.74) is 0.937. The van der Waals surface area contributed by atoms with Gasteiger partial charge in [-0.15, -0.1) is 0 Å². The Kier molecular flexibility index (Phi) is 8.57. The molecule has 0 spiro atoms. The summed E-state index contributed by atoms with van der Waals surface area (Å²) in [4.78, 5) is 0.287. The molecule has 0 saturated carbocycles. The molecule has 4 nitrogen and oxygen atoms in total. The number of hydrogen-bond acceptors (Lipinski definition) is 3. The van der Waals surface area contributed by atoms with Gasteiger partial charge in [0.2, 0.25) is 10.0 Å². The van der Waals surface area contributed by atoms with Crippen LogP contribution in [0, 0.1) is 0 Å². The van der Waals surface area contributed by atoms with Gasteiger partial charge in [-0.1, -0.05) is 51.2 Å². The third-order valence-corrected chi connectivity index (χ3v) is 4.93. The standard InChI is InChI=1S/C16H27NO3S/c1-2-3-4-5-6-7-13-17-21(19,20)16-10-8-15(9-11-16)12-14-18/h8-11,17-18H,2-7,12-14H2,1H3. The van der Waals surface area contributed by atoms with Gasteiger partial charge in [-0.05, 0) is 30.5 Å². The maximum absolute atomic E-state index is 12.1. The predicted octanol–water partition coefficient (Wildman–Crippen LogP) is 2.86. The highest BCUT2D eigenvalue weighted by atomic mass is 32.2. The van der Waals surface area contributed by atoms with E-state index in [2.05, 4.69) is 11.6 Å². The van der Waals surface area contributed by atoms with Crippen LogP contribution in [0.4, 0.5) is 0 Å². The van der Waals surface area contributed by atoms with Gasteiger partial charge < -0.3 is 5.11 Å². The summed E-state index contributed by atoms with van der Waals surface area (Å²) in [6.45, 7) is 2.75. The molecule has 21 heavy (non-hydrogen) atoms. The van der Waals surface area contributed by atoms with Gasteiger partial charge in [-0.2, -0.15) is 0 Å². The number of sulfonamides is 1. The number of hydrogen-bond donors (Lipinski definition) is 2. The second-order valence-electron chi connectivity index (χ2n) is 5.28. The van der Waals surface area contributed by atoms with Crippen molar-refractivity contribution in [3.63, 3.8) is 0 Å². The lowest BCUT2D eigenvalue weighted by molar-refractivity contribution is 0.299. The highest BCUT2D eigenvalue weighted by Gasteiger charge is 2.12. The maximum atomic E-state index is 12.1. The summed E-state index contributed by atoms with van der Waals surface area (Å²) in [5.74, 6) is 0. The van der Waals surface area contributed by atoms with Crippen LogP contribution in [0.1, 0.15) is 51.0 Å². The molecular weight excluding hydrogens is 286 g/mol. The number of aliphatic hydroxyl groups excluding tert-OH is 1. The van der Waals surface area contributed by atoms with E-state index >= 15 is 0 Å². The summed E-state index contributed by atoms with van der Waals surface area (Å²) in [6, 6.07) is 6.67. The molecule has 1 aromatic carbocycles. The van der Waals surface area contributed by atoms with Gasteiger partial charge in [-0.25, -0.2) is 13.1 Å². The minimum Gasteiger partial charge on any atom is -0.396 e. The fourth-order valence-corrected chi connectivity index (χ4v) is 3.23. The molecule has 1 rings (SSSR count). The Balaban J connectivity index is 2.35. The monoisotopic (exact) mass is 313 g/mol. The molecule has 120 valence electrons. The van der Waals surface area contributed by atoms with Gasteiger partial charge in [-0.3, -0.25) is 0 Å². The maximum Gasteiger partial charge on any atom is 0.240 e. The van der Waals surface area contributed by atoms with Crippen molar-refractivity contribution in [1.29, 1.82) is 0 Å². The molecule has 0 aromatic heterocycles. The van der Waals surface area contributed by atoms with Crippen LogP contribution in [0.2, 0.25) is 0 Å². The van der Waals surface area contributed by atoms with Gasteiger partial charge >= 0.3 is 0 Å². The largest absolute Gasteiger partial charge is 0.396 e. The Morgan fingerprint density at radius 1 is 1.00 bits per heavy atom. The zero-order valence-corrected chi connectivity index (χ0v) is 13.7. The fourth-order valence-electron chi connectivity index (χ4n) is 2.16. The Labute approximate surface area is 128 Å². The van der Waals surface area contributed by atoms with Crippen molar-refractivity contribution in [1.82, 2.24) is 4.72 Å². The summed E-state index contributed by atoms with van der Waals surface area (Å²) in [6.07, 6.45) is 7.38. The first-order chi connectivity index (χ1) is 10.1. The molecule has 1 aromatic rings. The van der Waals surface area contributed by atoms with Crippen molar-refractivity contribution in [3.8, 4) is 0 Å². The summed E-state index contributed by atoms with van der Waals surface area (Å²) >= 11 is 0. The zero-order chi connectivity index (χ0) is 15.6. The molecule has 0 aliphatic carbocycles. The molecule has 0 fully saturated rings. The molecule has 0 aliphatic rings. The molecule has 0 saturated heterocycles. The molecule has 0 radical (unpaired) electrons. The molecule has 0 amide bonds. The van der Waals surface area contributed by atoms with E-state index in [4.69, 9.17) is 5.11 Å².